The normalized spacial score (nSPS) is 10.3. The zero-order valence-electron chi connectivity index (χ0n) is 12.1. The lowest BCUT2D eigenvalue weighted by Crippen LogP contribution is -2.11. The van der Waals surface area contributed by atoms with Crippen LogP contribution in [0, 0.1) is 10.1 Å². The highest BCUT2D eigenvalue weighted by Gasteiger charge is 2.24. The number of nitrogens with zero attached hydrogens (tertiary/aromatic N) is 3. The van der Waals surface area contributed by atoms with E-state index in [4.69, 9.17) is 0 Å². The van der Waals surface area contributed by atoms with Gasteiger partial charge < -0.3 is 10.6 Å². The van der Waals surface area contributed by atoms with Crippen LogP contribution in [0.5, 0.6) is 0 Å². The van der Waals surface area contributed by atoms with Gasteiger partial charge in [-0.25, -0.2) is 0 Å². The van der Waals surface area contributed by atoms with Crippen LogP contribution in [0.2, 0.25) is 0 Å². The van der Waals surface area contributed by atoms with Crippen LogP contribution in [0.25, 0.3) is 0 Å². The van der Waals surface area contributed by atoms with E-state index in [2.05, 4.69) is 27.5 Å². The van der Waals surface area contributed by atoms with Gasteiger partial charge in [0.25, 0.3) is 0 Å². The van der Waals surface area contributed by atoms with E-state index < -0.39 is 4.92 Å². The van der Waals surface area contributed by atoms with Gasteiger partial charge in [-0.1, -0.05) is 31.5 Å². The van der Waals surface area contributed by atoms with Crippen LogP contribution in [-0.2, 0) is 0 Å². The first kappa shape index (κ1) is 16.5. The molecule has 0 aliphatic rings. The molecule has 0 spiro atoms. The summed E-state index contributed by atoms with van der Waals surface area (Å²) in [6, 6.07) is 0. The van der Waals surface area contributed by atoms with E-state index >= 15 is 0 Å². The number of rotatable bonds is 9. The van der Waals surface area contributed by atoms with Gasteiger partial charge in [-0.3, -0.25) is 10.1 Å². The molecule has 0 saturated heterocycles. The molecule has 0 unspecified atom stereocenters. The van der Waals surface area contributed by atoms with Gasteiger partial charge >= 0.3 is 5.69 Å². The number of nitrogens with one attached hydrogen (secondary N) is 2. The molecule has 0 atom stereocenters. The second-order valence-corrected chi connectivity index (χ2v) is 4.95. The Morgan fingerprint density at radius 1 is 1.20 bits per heavy atom. The molecular formula is C12H21N5O2S. The van der Waals surface area contributed by atoms with Crippen molar-refractivity contribution in [3.05, 3.63) is 10.1 Å². The van der Waals surface area contributed by atoms with Gasteiger partial charge in [0, 0.05) is 13.1 Å². The molecule has 0 radical (unpaired) electrons. The van der Waals surface area contributed by atoms with Crippen LogP contribution in [0.3, 0.4) is 0 Å². The van der Waals surface area contributed by atoms with Gasteiger partial charge in [-0.2, -0.15) is 9.97 Å². The lowest BCUT2D eigenvalue weighted by molar-refractivity contribution is -0.383. The maximum atomic E-state index is 11.2. The molecule has 1 aromatic heterocycles. The molecule has 112 valence electrons. The molecule has 0 saturated carbocycles. The van der Waals surface area contributed by atoms with Crippen LogP contribution in [0.1, 0.15) is 33.1 Å². The van der Waals surface area contributed by atoms with Crippen molar-refractivity contribution in [2.75, 3.05) is 30.0 Å². The highest BCUT2D eigenvalue weighted by atomic mass is 32.2. The summed E-state index contributed by atoms with van der Waals surface area (Å²) in [7, 11) is 0. The standard InChI is InChI=1S/C12H21N5O2S/c1-4-6-7-8-14-11-9(17(18)19)10(13-5-2)15-12(16-11)20-3/h4-8H2,1-3H3,(H2,13,14,15,16). The minimum Gasteiger partial charge on any atom is -0.364 e. The van der Waals surface area contributed by atoms with Gasteiger partial charge in [-0.05, 0) is 19.6 Å². The Morgan fingerprint density at radius 2 is 1.85 bits per heavy atom. The van der Waals surface area contributed by atoms with E-state index in [0.717, 1.165) is 19.3 Å². The van der Waals surface area contributed by atoms with Crippen LogP contribution in [0.4, 0.5) is 17.3 Å². The van der Waals surface area contributed by atoms with E-state index in [-0.39, 0.29) is 11.5 Å². The predicted molar refractivity (Wildman–Crippen MR) is 82.6 cm³/mol. The van der Waals surface area contributed by atoms with Gasteiger partial charge in [0.2, 0.25) is 11.6 Å². The number of thioether (sulfide) groups is 1. The fraction of sp³-hybridized carbons (Fsp3) is 0.667. The molecule has 1 aromatic rings. The van der Waals surface area contributed by atoms with E-state index in [9.17, 15) is 10.1 Å². The molecule has 0 amide bonds. The fourth-order valence-corrected chi connectivity index (χ4v) is 2.06. The lowest BCUT2D eigenvalue weighted by atomic mass is 10.2. The van der Waals surface area contributed by atoms with Crippen molar-refractivity contribution in [2.24, 2.45) is 0 Å². The number of unbranched alkanes of at least 4 members (excludes halogenated alkanes) is 2. The summed E-state index contributed by atoms with van der Waals surface area (Å²) < 4.78 is 0. The molecule has 1 heterocycles. The average Bonchev–Trinajstić information content (AvgIpc) is 2.43. The van der Waals surface area contributed by atoms with Crippen LogP contribution in [0.15, 0.2) is 5.16 Å². The van der Waals surface area contributed by atoms with Crippen molar-refractivity contribution in [3.8, 4) is 0 Å². The van der Waals surface area contributed by atoms with Gasteiger partial charge in [0.1, 0.15) is 0 Å². The van der Waals surface area contributed by atoms with E-state index in [1.165, 1.54) is 11.8 Å². The molecule has 2 N–H and O–H groups in total. The van der Waals surface area contributed by atoms with Crippen LogP contribution >= 0.6 is 11.8 Å². The van der Waals surface area contributed by atoms with E-state index in [1.807, 2.05) is 13.2 Å². The highest BCUT2D eigenvalue weighted by molar-refractivity contribution is 7.98. The summed E-state index contributed by atoms with van der Waals surface area (Å²) in [6.45, 7) is 5.23. The van der Waals surface area contributed by atoms with Crippen molar-refractivity contribution in [2.45, 2.75) is 38.3 Å². The summed E-state index contributed by atoms with van der Waals surface area (Å²) in [5.41, 5.74) is -0.0823. The Balaban J connectivity index is 3.03. The fourth-order valence-electron chi connectivity index (χ4n) is 1.69. The molecule has 1 rings (SSSR count). The monoisotopic (exact) mass is 299 g/mol. The smallest absolute Gasteiger partial charge is 0.353 e. The predicted octanol–water partition coefficient (Wildman–Crippen LogP) is 3.14. The molecule has 20 heavy (non-hydrogen) atoms. The molecule has 0 fully saturated rings. The molecule has 0 aliphatic heterocycles. The first-order valence-electron chi connectivity index (χ1n) is 6.72. The number of aromatic nitrogens is 2. The molecule has 0 aliphatic carbocycles. The summed E-state index contributed by atoms with van der Waals surface area (Å²) in [4.78, 5) is 19.2. The van der Waals surface area contributed by atoms with Crippen molar-refractivity contribution in [1.82, 2.24) is 9.97 Å². The number of hydrogen-bond donors (Lipinski definition) is 2. The SMILES string of the molecule is CCCCCNc1nc(SC)nc(NCC)c1[N+](=O)[O-]. The van der Waals surface area contributed by atoms with Gasteiger partial charge in [0.15, 0.2) is 5.16 Å². The summed E-state index contributed by atoms with van der Waals surface area (Å²) in [5.74, 6) is 0.566. The highest BCUT2D eigenvalue weighted by Crippen LogP contribution is 2.31. The maximum Gasteiger partial charge on any atom is 0.353 e. The topological polar surface area (TPSA) is 93.0 Å². The maximum absolute atomic E-state index is 11.2. The van der Waals surface area contributed by atoms with Crippen molar-refractivity contribution >= 4 is 29.1 Å². The Bertz CT molecular complexity index is 456. The lowest BCUT2D eigenvalue weighted by Gasteiger charge is -2.10. The zero-order valence-corrected chi connectivity index (χ0v) is 12.9. The van der Waals surface area contributed by atoms with Crippen LogP contribution < -0.4 is 10.6 Å². The summed E-state index contributed by atoms with van der Waals surface area (Å²) in [5, 5.41) is 17.7. The Hall–Kier alpha value is -1.57. The molecule has 0 bridgehead atoms. The largest absolute Gasteiger partial charge is 0.364 e. The van der Waals surface area contributed by atoms with Crippen molar-refractivity contribution in [1.29, 1.82) is 0 Å². The van der Waals surface area contributed by atoms with Gasteiger partial charge in [-0.15, -0.1) is 0 Å². The molecule has 0 aromatic carbocycles. The average molecular weight is 299 g/mol. The first-order chi connectivity index (χ1) is 9.63. The minimum atomic E-state index is -0.440. The van der Waals surface area contributed by atoms with Crippen molar-refractivity contribution < 1.29 is 4.92 Å². The Morgan fingerprint density at radius 3 is 2.35 bits per heavy atom. The Kier molecular flexibility index (Phi) is 7.06. The Labute approximate surface area is 123 Å². The number of anilines is 2. The number of hydrogen-bond acceptors (Lipinski definition) is 7. The summed E-state index contributed by atoms with van der Waals surface area (Å²) in [6.07, 6.45) is 4.99. The minimum absolute atomic E-state index is 0.0823. The van der Waals surface area contributed by atoms with Gasteiger partial charge in [0.05, 0.1) is 4.92 Å². The zero-order chi connectivity index (χ0) is 15.0. The van der Waals surface area contributed by atoms with Crippen LogP contribution in [-0.4, -0.2) is 34.2 Å². The van der Waals surface area contributed by atoms with E-state index in [1.54, 1.807) is 0 Å². The second-order valence-electron chi connectivity index (χ2n) is 4.18. The summed E-state index contributed by atoms with van der Waals surface area (Å²) >= 11 is 1.36. The molecule has 8 heteroatoms. The first-order valence-corrected chi connectivity index (χ1v) is 7.94. The van der Waals surface area contributed by atoms with E-state index in [0.29, 0.717) is 24.1 Å². The third-order valence-electron chi connectivity index (χ3n) is 2.65. The second kappa shape index (κ2) is 8.57. The third kappa shape index (κ3) is 4.52. The number of nitro groups is 1. The quantitative estimate of drug-likeness (QED) is 0.238. The molecular weight excluding hydrogens is 278 g/mol. The van der Waals surface area contributed by atoms with Crippen molar-refractivity contribution in [3.63, 3.8) is 0 Å². The third-order valence-corrected chi connectivity index (χ3v) is 3.19. The molecule has 7 nitrogen and oxygen atoms in total.